The second-order valence-electron chi connectivity index (χ2n) is 24.8. The summed E-state index contributed by atoms with van der Waals surface area (Å²) in [6.07, 6.45) is 0. The van der Waals surface area contributed by atoms with Crippen molar-refractivity contribution in [1.82, 2.24) is 0 Å². The summed E-state index contributed by atoms with van der Waals surface area (Å²) in [6.45, 7) is 0. The minimum Gasteiger partial charge on any atom is -0.456 e. The fraction of sp³-hybridized carbons (Fsp3) is 0. The zero-order valence-corrected chi connectivity index (χ0v) is 53.4. The van der Waals surface area contributed by atoms with Crippen LogP contribution in [-0.4, -0.2) is 0 Å². The number of furan rings is 2. The molecule has 0 bridgehead atoms. The monoisotopic (exact) mass is 1260 g/mol. The number of fused-ring (bicyclic) bond motifs is 26. The number of thiophene rings is 4. The molecule has 0 atom stereocenters. The van der Waals surface area contributed by atoms with E-state index in [4.69, 9.17) is 8.83 Å². The van der Waals surface area contributed by atoms with Gasteiger partial charge in [0, 0.05) is 135 Å². The zero-order valence-electron chi connectivity index (χ0n) is 50.2. The Kier molecular flexibility index (Phi) is 11.4. The second-order valence-corrected chi connectivity index (χ2v) is 28.9. The molecule has 0 N–H and O–H groups in total. The van der Waals surface area contributed by atoms with Crippen LogP contribution in [0.15, 0.2) is 300 Å². The summed E-state index contributed by atoms with van der Waals surface area (Å²) < 4.78 is 23.2. The summed E-state index contributed by atoms with van der Waals surface area (Å²) >= 11 is 7.68. The molecule has 0 radical (unpaired) electrons. The first-order valence-corrected chi connectivity index (χ1v) is 35.1. The summed E-state index contributed by atoms with van der Waals surface area (Å²) in [5.74, 6) is 0. The molecule has 0 spiro atoms. The van der Waals surface area contributed by atoms with Crippen molar-refractivity contribution in [3.05, 3.63) is 291 Å². The quantitative estimate of drug-likeness (QED) is 0.176. The maximum Gasteiger partial charge on any atom is 0.135 e. The molecule has 6 heterocycles. The van der Waals surface area contributed by atoms with Crippen molar-refractivity contribution in [2.45, 2.75) is 0 Å². The Hall–Kier alpha value is -11.0. The van der Waals surface area contributed by atoms with Gasteiger partial charge in [-0.1, -0.05) is 218 Å². The van der Waals surface area contributed by atoms with E-state index in [0.717, 1.165) is 43.9 Å². The first-order chi connectivity index (χ1) is 46.6. The van der Waals surface area contributed by atoms with E-state index in [1.165, 1.54) is 168 Å². The number of para-hydroxylation sites is 2. The third-order valence-corrected chi connectivity index (χ3v) is 24.7. The van der Waals surface area contributed by atoms with Crippen molar-refractivity contribution in [3.63, 3.8) is 0 Å². The van der Waals surface area contributed by atoms with E-state index >= 15 is 0 Å². The van der Waals surface area contributed by atoms with Gasteiger partial charge in [0.1, 0.15) is 22.3 Å². The van der Waals surface area contributed by atoms with Gasteiger partial charge in [0.2, 0.25) is 0 Å². The summed E-state index contributed by atoms with van der Waals surface area (Å²) in [5, 5.41) is 25.6. The molecule has 0 aliphatic heterocycles. The van der Waals surface area contributed by atoms with Crippen LogP contribution in [0.3, 0.4) is 0 Å². The maximum atomic E-state index is 6.18. The van der Waals surface area contributed by atoms with Gasteiger partial charge in [-0.05, 0) is 128 Å². The van der Waals surface area contributed by atoms with Gasteiger partial charge in [-0.25, -0.2) is 0 Å². The van der Waals surface area contributed by atoms with E-state index in [-0.39, 0.29) is 0 Å². The minimum atomic E-state index is 0.916. The summed E-state index contributed by atoms with van der Waals surface area (Å²) in [4.78, 5) is 0. The number of rotatable bonds is 4. The molecule has 0 saturated carbocycles. The van der Waals surface area contributed by atoms with Gasteiger partial charge in [0.15, 0.2) is 0 Å². The van der Waals surface area contributed by atoms with Gasteiger partial charge in [-0.15, -0.1) is 45.3 Å². The predicted molar refractivity (Wildman–Crippen MR) is 411 cm³/mol. The third kappa shape index (κ3) is 7.74. The van der Waals surface area contributed by atoms with Gasteiger partial charge < -0.3 is 8.83 Å². The summed E-state index contributed by atoms with van der Waals surface area (Å²) in [5.41, 5.74) is 13.8. The van der Waals surface area contributed by atoms with Gasteiger partial charge >= 0.3 is 0 Å². The van der Waals surface area contributed by atoms with E-state index in [2.05, 4.69) is 267 Å². The number of benzene rings is 16. The van der Waals surface area contributed by atoms with Crippen LogP contribution in [0.25, 0.3) is 212 Å². The molecular formula is C88H48O2S4. The van der Waals surface area contributed by atoms with Gasteiger partial charge in [-0.3, -0.25) is 0 Å². The highest BCUT2D eigenvalue weighted by Crippen LogP contribution is 2.52. The van der Waals surface area contributed by atoms with Crippen LogP contribution < -0.4 is 0 Å². The van der Waals surface area contributed by atoms with Crippen LogP contribution in [0.1, 0.15) is 0 Å². The average molecular weight is 1270 g/mol. The number of hydrogen-bond acceptors (Lipinski definition) is 6. The van der Waals surface area contributed by atoms with Crippen molar-refractivity contribution in [2.24, 2.45) is 0 Å². The molecule has 0 aliphatic carbocycles. The normalized spacial score (nSPS) is 12.3. The first kappa shape index (κ1) is 52.6. The highest BCUT2D eigenvalue weighted by atomic mass is 32.1. The van der Waals surface area contributed by atoms with Crippen LogP contribution in [0.5, 0.6) is 0 Å². The molecule has 2 nitrogen and oxygen atoms in total. The van der Waals surface area contributed by atoms with Crippen LogP contribution >= 0.6 is 45.3 Å². The molecule has 22 aromatic rings. The molecule has 22 rings (SSSR count). The molecule has 94 heavy (non-hydrogen) atoms. The lowest BCUT2D eigenvalue weighted by atomic mass is 9.92. The fourth-order valence-electron chi connectivity index (χ4n) is 15.5. The smallest absolute Gasteiger partial charge is 0.135 e. The van der Waals surface area contributed by atoms with Crippen molar-refractivity contribution in [3.8, 4) is 44.5 Å². The van der Waals surface area contributed by atoms with Gasteiger partial charge in [0.25, 0.3) is 0 Å². The first-order valence-electron chi connectivity index (χ1n) is 31.8. The van der Waals surface area contributed by atoms with Gasteiger partial charge in [0.05, 0.1) is 0 Å². The topological polar surface area (TPSA) is 26.3 Å². The molecule has 0 unspecified atom stereocenters. The largest absolute Gasteiger partial charge is 0.456 e. The highest BCUT2D eigenvalue weighted by molar-refractivity contribution is 7.28. The molecule has 16 aromatic carbocycles. The molecule has 0 fully saturated rings. The molecule has 6 heteroatoms. The summed E-state index contributed by atoms with van der Waals surface area (Å²) in [7, 11) is 0. The Bertz CT molecular complexity index is 6590. The minimum absolute atomic E-state index is 0.916. The molecule has 0 aliphatic rings. The van der Waals surface area contributed by atoms with E-state index in [1.807, 2.05) is 69.6 Å². The lowest BCUT2D eigenvalue weighted by molar-refractivity contribution is 0.668. The molecule has 0 saturated heterocycles. The Balaban J connectivity index is 0.000000126. The number of hydrogen-bond donors (Lipinski definition) is 0. The standard InChI is InChI=1S/C44H24O2S.C44H24S3/c1-3-13-31-27(9-1)33(25-17-19-41-35(21-25)29-11-5-7-15-39(29)45-41)23-37-38-24-34(28-10-2-4-14-32(28)44(38)47-43(31)37)26-18-20-42-36(22-26)30-12-6-8-16-40(30)46-42;1-3-15-29-25(11-1)35(33-19-9-17-31-27-13-5-7-21-39(27)45-41(31)33)23-37-38-24-36(26-12-2-4-16-30(26)44(38)47-43(29)37)34-20-10-18-32-28-14-6-8-22-40(28)46-42(32)34/h2*1-24H. The van der Waals surface area contributed by atoms with Crippen molar-refractivity contribution < 1.29 is 8.83 Å². The van der Waals surface area contributed by atoms with E-state index in [9.17, 15) is 0 Å². The zero-order chi connectivity index (χ0) is 61.3. The van der Waals surface area contributed by atoms with Crippen molar-refractivity contribution in [1.29, 1.82) is 0 Å². The molecule has 0 amide bonds. The Labute approximate surface area is 553 Å². The van der Waals surface area contributed by atoms with E-state index in [1.54, 1.807) is 0 Å². The third-order valence-electron chi connectivity index (χ3n) is 19.7. The average Bonchev–Trinajstić information content (AvgIpc) is 1.53. The van der Waals surface area contributed by atoms with Crippen LogP contribution in [0, 0.1) is 0 Å². The predicted octanol–water partition coefficient (Wildman–Crippen LogP) is 27.9. The Morgan fingerprint density at radius 2 is 0.447 bits per heavy atom. The fourth-order valence-corrected chi connectivity index (χ4v) is 20.6. The lowest BCUT2D eigenvalue weighted by Crippen LogP contribution is -1.85. The maximum absolute atomic E-state index is 6.18. The lowest BCUT2D eigenvalue weighted by Gasteiger charge is -2.11. The summed E-state index contributed by atoms with van der Waals surface area (Å²) in [6, 6.07) is 107. The SMILES string of the molecule is c1ccc2c(c1)oc1ccc(-c3cc4c5cc(-c6ccc7oc8ccccc8c7c6)c6ccccc6c5sc4c4ccccc34)cc12.c1ccc2c(c1)sc1c(-c3cc4c5cc(-c6cccc7c6sc6ccccc67)c6ccccc6c5sc4c4ccccc34)cccc12. The van der Waals surface area contributed by atoms with Crippen LogP contribution in [-0.2, 0) is 0 Å². The molecule has 6 aromatic heterocycles. The second kappa shape index (κ2) is 20.3. The Morgan fingerprint density at radius 3 is 0.840 bits per heavy atom. The van der Waals surface area contributed by atoms with E-state index in [0.29, 0.717) is 0 Å². The highest BCUT2D eigenvalue weighted by Gasteiger charge is 2.23. The van der Waals surface area contributed by atoms with Crippen molar-refractivity contribution in [2.75, 3.05) is 0 Å². The molecular weight excluding hydrogens is 1220 g/mol. The van der Waals surface area contributed by atoms with Crippen molar-refractivity contribution >= 4 is 213 Å². The van der Waals surface area contributed by atoms with Crippen LogP contribution in [0.2, 0.25) is 0 Å². The van der Waals surface area contributed by atoms with Crippen LogP contribution in [0.4, 0.5) is 0 Å². The van der Waals surface area contributed by atoms with E-state index < -0.39 is 0 Å². The molecule has 436 valence electrons. The Morgan fingerprint density at radius 1 is 0.160 bits per heavy atom. The van der Waals surface area contributed by atoms with Gasteiger partial charge in [-0.2, -0.15) is 0 Å².